The second-order valence-electron chi connectivity index (χ2n) is 13.4. The van der Waals surface area contributed by atoms with E-state index >= 15 is 0 Å². The smallest absolute Gasteiger partial charge is 0.338 e. The van der Waals surface area contributed by atoms with Gasteiger partial charge in [-0.05, 0) is 98.7 Å². The third-order valence-corrected chi connectivity index (χ3v) is 8.59. The van der Waals surface area contributed by atoms with Crippen molar-refractivity contribution in [1.82, 2.24) is 25.2 Å². The van der Waals surface area contributed by atoms with Crippen molar-refractivity contribution in [3.8, 4) is 5.75 Å². The summed E-state index contributed by atoms with van der Waals surface area (Å²) in [5.74, 6) is -4.20. The van der Waals surface area contributed by atoms with Gasteiger partial charge in [-0.3, -0.25) is 14.4 Å². The number of benzene rings is 3. The monoisotopic (exact) mass is 695 g/mol. The number of rotatable bonds is 9. The number of nitrogens with zero attached hydrogens (tertiary/aromatic N) is 3. The first-order valence-corrected chi connectivity index (χ1v) is 16.3. The maximum absolute atomic E-state index is 14.0. The minimum absolute atomic E-state index is 0.0333. The number of amides is 2. The van der Waals surface area contributed by atoms with Crippen molar-refractivity contribution in [2.45, 2.75) is 65.1 Å². The Morgan fingerprint density at radius 1 is 0.941 bits per heavy atom. The van der Waals surface area contributed by atoms with E-state index in [2.05, 4.69) is 20.7 Å². The van der Waals surface area contributed by atoms with Gasteiger partial charge in [0.15, 0.2) is 23.1 Å². The van der Waals surface area contributed by atoms with Gasteiger partial charge in [0.25, 0.3) is 11.8 Å². The van der Waals surface area contributed by atoms with Gasteiger partial charge in [-0.25, -0.2) is 23.1 Å². The number of carbonyl (C=O) groups is 4. The molecule has 0 radical (unpaired) electrons. The lowest BCUT2D eigenvalue weighted by molar-refractivity contribution is 0.00682. The SMILES string of the molecule is Cc1c(C(=O)OC(C)(C)C)ccc2c1CC[C@@H]2NC(=O)c1cc(C(=O)NCc2ccc(F)c(F)c2)nc2c(C(=O)Cc3ccc(O)cc3)cnn12. The minimum atomic E-state index is -1.07. The number of aromatic hydroxyl groups is 1. The summed E-state index contributed by atoms with van der Waals surface area (Å²) < 4.78 is 34.0. The molecular weight excluding hydrogens is 660 g/mol. The van der Waals surface area contributed by atoms with Gasteiger partial charge in [-0.1, -0.05) is 24.3 Å². The van der Waals surface area contributed by atoms with E-state index in [-0.39, 0.29) is 41.3 Å². The standard InChI is InChI=1S/C38H35F2N5O6/c1-20-24-12-14-30(26(24)11-10-25(20)37(50)51-38(2,3)4)44-36(49)32-17-31(35(48)41-18-22-7-13-28(39)29(40)15-22)43-34-27(19-42-45(32)34)33(47)16-21-5-8-23(46)9-6-21/h5-11,13,15,17,19,30,46H,12,14,16,18H2,1-4H3,(H,41,48)(H,44,49)/t30-/m0/s1. The average Bonchev–Trinajstić information content (AvgIpc) is 3.70. The zero-order valence-electron chi connectivity index (χ0n) is 28.3. The van der Waals surface area contributed by atoms with Crippen LogP contribution >= 0.6 is 0 Å². The van der Waals surface area contributed by atoms with Crippen LogP contribution in [-0.2, 0) is 24.1 Å². The quantitative estimate of drug-likeness (QED) is 0.130. The van der Waals surface area contributed by atoms with Gasteiger partial charge >= 0.3 is 5.97 Å². The number of nitrogens with one attached hydrogen (secondary N) is 2. The molecule has 1 atom stereocenters. The van der Waals surface area contributed by atoms with Gasteiger partial charge in [0.05, 0.1) is 23.4 Å². The van der Waals surface area contributed by atoms with E-state index < -0.39 is 46.8 Å². The number of hydrogen-bond donors (Lipinski definition) is 3. The number of phenols is 1. The number of aromatic nitrogens is 3. The van der Waals surface area contributed by atoms with Crippen molar-refractivity contribution in [3.63, 3.8) is 0 Å². The summed E-state index contributed by atoms with van der Waals surface area (Å²) in [5.41, 5.74) is 2.98. The van der Waals surface area contributed by atoms with Crippen molar-refractivity contribution >= 4 is 29.2 Å². The van der Waals surface area contributed by atoms with Crippen molar-refractivity contribution in [2.75, 3.05) is 0 Å². The number of ketones is 1. The summed E-state index contributed by atoms with van der Waals surface area (Å²) in [5, 5.41) is 19.5. The molecule has 13 heteroatoms. The predicted octanol–water partition coefficient (Wildman–Crippen LogP) is 5.75. The number of hydrogen-bond acceptors (Lipinski definition) is 8. The van der Waals surface area contributed by atoms with Crippen LogP contribution in [0, 0.1) is 18.6 Å². The Labute approximate surface area is 291 Å². The highest BCUT2D eigenvalue weighted by molar-refractivity contribution is 6.04. The summed E-state index contributed by atoms with van der Waals surface area (Å²) in [6.07, 6.45) is 2.35. The first kappa shape index (κ1) is 34.9. The zero-order chi connectivity index (χ0) is 36.6. The maximum atomic E-state index is 14.0. The predicted molar refractivity (Wildman–Crippen MR) is 182 cm³/mol. The van der Waals surface area contributed by atoms with E-state index in [4.69, 9.17) is 4.74 Å². The van der Waals surface area contributed by atoms with Crippen LogP contribution in [0.15, 0.2) is 66.9 Å². The molecule has 1 aliphatic carbocycles. The molecule has 6 rings (SSSR count). The molecule has 5 aromatic rings. The summed E-state index contributed by atoms with van der Waals surface area (Å²) in [6.45, 7) is 7.07. The molecule has 2 aromatic heterocycles. The molecule has 1 aliphatic rings. The number of carbonyl (C=O) groups excluding carboxylic acids is 4. The van der Waals surface area contributed by atoms with Crippen LogP contribution in [0.2, 0.25) is 0 Å². The van der Waals surface area contributed by atoms with Gasteiger partial charge in [-0.2, -0.15) is 5.10 Å². The molecule has 0 saturated carbocycles. The first-order valence-electron chi connectivity index (χ1n) is 16.3. The van der Waals surface area contributed by atoms with Crippen molar-refractivity contribution in [1.29, 1.82) is 0 Å². The minimum Gasteiger partial charge on any atom is -0.508 e. The molecule has 2 amide bonds. The lowest BCUT2D eigenvalue weighted by Gasteiger charge is -2.21. The van der Waals surface area contributed by atoms with Gasteiger partial charge in [-0.15, -0.1) is 0 Å². The number of ether oxygens (including phenoxy) is 1. The van der Waals surface area contributed by atoms with Crippen molar-refractivity contribution < 1.29 is 37.8 Å². The van der Waals surface area contributed by atoms with Gasteiger partial charge in [0.1, 0.15) is 22.7 Å². The molecular formula is C38H35F2N5O6. The topological polar surface area (TPSA) is 152 Å². The zero-order valence-corrected chi connectivity index (χ0v) is 28.3. The Kier molecular flexibility index (Phi) is 9.39. The molecule has 262 valence electrons. The Bertz CT molecular complexity index is 2210. The molecule has 0 saturated heterocycles. The molecule has 0 fully saturated rings. The van der Waals surface area contributed by atoms with Gasteiger partial charge < -0.3 is 20.5 Å². The Balaban J connectivity index is 1.31. The highest BCUT2D eigenvalue weighted by Crippen LogP contribution is 2.35. The second kappa shape index (κ2) is 13.7. The van der Waals surface area contributed by atoms with Crippen LogP contribution in [-0.4, -0.2) is 48.9 Å². The Hall–Kier alpha value is -5.98. The third kappa shape index (κ3) is 7.47. The molecule has 0 bridgehead atoms. The summed E-state index contributed by atoms with van der Waals surface area (Å²) >= 11 is 0. The van der Waals surface area contributed by atoms with E-state index in [1.165, 1.54) is 35.0 Å². The third-order valence-electron chi connectivity index (χ3n) is 8.59. The normalized spacial score (nSPS) is 13.9. The van der Waals surface area contributed by atoms with Crippen LogP contribution < -0.4 is 10.6 Å². The molecule has 51 heavy (non-hydrogen) atoms. The second-order valence-corrected chi connectivity index (χ2v) is 13.4. The highest BCUT2D eigenvalue weighted by Gasteiger charge is 2.30. The molecule has 0 aliphatic heterocycles. The fourth-order valence-electron chi connectivity index (χ4n) is 6.07. The van der Waals surface area contributed by atoms with E-state index in [0.717, 1.165) is 28.8 Å². The van der Waals surface area contributed by atoms with Crippen LogP contribution in [0.1, 0.15) is 103 Å². The lowest BCUT2D eigenvalue weighted by Crippen LogP contribution is -2.31. The number of Topliss-reactive ketones (excluding diaryl/α,β-unsaturated/α-hetero) is 1. The van der Waals surface area contributed by atoms with Crippen LogP contribution in [0.3, 0.4) is 0 Å². The van der Waals surface area contributed by atoms with E-state index in [0.29, 0.717) is 29.5 Å². The maximum Gasteiger partial charge on any atom is 0.338 e. The number of esters is 1. The van der Waals surface area contributed by atoms with Crippen LogP contribution in [0.5, 0.6) is 5.75 Å². The number of halogens is 2. The summed E-state index contributed by atoms with van der Waals surface area (Å²) in [7, 11) is 0. The highest BCUT2D eigenvalue weighted by atomic mass is 19.2. The van der Waals surface area contributed by atoms with Gasteiger partial charge in [0, 0.05) is 19.0 Å². The van der Waals surface area contributed by atoms with E-state index in [9.17, 15) is 33.1 Å². The Morgan fingerprint density at radius 3 is 2.37 bits per heavy atom. The fraction of sp³-hybridized carbons (Fsp3) is 0.263. The lowest BCUT2D eigenvalue weighted by atomic mass is 9.97. The van der Waals surface area contributed by atoms with Crippen molar-refractivity contribution in [2.24, 2.45) is 0 Å². The number of fused-ring (bicyclic) bond motifs is 2. The van der Waals surface area contributed by atoms with E-state index in [1.807, 2.05) is 6.92 Å². The van der Waals surface area contributed by atoms with Crippen molar-refractivity contribution in [3.05, 3.63) is 129 Å². The molecule has 3 aromatic carbocycles. The average molecular weight is 696 g/mol. The first-order chi connectivity index (χ1) is 24.2. The Morgan fingerprint density at radius 2 is 1.67 bits per heavy atom. The van der Waals surface area contributed by atoms with Gasteiger partial charge in [0.2, 0.25) is 0 Å². The van der Waals surface area contributed by atoms with Crippen LogP contribution in [0.25, 0.3) is 5.65 Å². The molecule has 0 spiro atoms. The molecule has 11 nitrogen and oxygen atoms in total. The fourth-order valence-corrected chi connectivity index (χ4v) is 6.07. The number of phenolic OH excluding ortho intramolecular Hbond substituents is 1. The summed E-state index contributed by atoms with van der Waals surface area (Å²) in [4.78, 5) is 58.1. The van der Waals surface area contributed by atoms with Crippen LogP contribution in [0.4, 0.5) is 8.78 Å². The molecule has 3 N–H and O–H groups in total. The van der Waals surface area contributed by atoms with E-state index in [1.54, 1.807) is 45.0 Å². The largest absolute Gasteiger partial charge is 0.508 e. The molecule has 0 unspecified atom stereocenters. The molecule has 2 heterocycles. The summed E-state index contributed by atoms with van der Waals surface area (Å²) in [6, 6.07) is 13.6.